The zero-order chi connectivity index (χ0) is 38.4. The molecule has 1 rings (SSSR count). The predicted molar refractivity (Wildman–Crippen MR) is 166 cm³/mol. The lowest BCUT2D eigenvalue weighted by atomic mass is 10.0. The summed E-state index contributed by atoms with van der Waals surface area (Å²) in [7, 11) is -15.7. The molecule has 0 saturated heterocycles. The number of esters is 2. The number of alkyl halides is 6. The normalized spacial score (nSPS) is 17.7. The van der Waals surface area contributed by atoms with Crippen LogP contribution in [0.2, 0.25) is 17.6 Å². The molecule has 0 aliphatic heterocycles. The Kier molecular flexibility index (Phi) is 18.0. The van der Waals surface area contributed by atoms with Gasteiger partial charge in [-0.1, -0.05) is 32.4 Å². The van der Waals surface area contributed by atoms with Crippen LogP contribution in [0.5, 0.6) is 0 Å². The molecule has 0 aromatic carbocycles. The zero-order valence-electron chi connectivity index (χ0n) is 28.3. The number of ether oxygens (including phenoxy) is 2. The van der Waals surface area contributed by atoms with Crippen molar-refractivity contribution in [1.82, 2.24) is 0 Å². The molecule has 0 heterocycles. The summed E-state index contributed by atoms with van der Waals surface area (Å²) in [5.41, 5.74) is -1.24. The van der Waals surface area contributed by atoms with Gasteiger partial charge in [-0.05, 0) is 53.4 Å². The predicted octanol–water partition coefficient (Wildman–Crippen LogP) is 5.47. The Morgan fingerprint density at radius 2 is 1.18 bits per heavy atom. The number of hydrogen-bond acceptors (Lipinski definition) is 13. The Balaban J connectivity index is 3.88. The van der Waals surface area contributed by atoms with Crippen molar-refractivity contribution in [3.63, 3.8) is 0 Å². The van der Waals surface area contributed by atoms with E-state index in [0.29, 0.717) is 19.3 Å². The number of hydrogen-bond donors (Lipinski definition) is 1. The third-order valence-electron chi connectivity index (χ3n) is 6.81. The highest BCUT2D eigenvalue weighted by atomic mass is 28.5. The SMILES string of the molecule is C=C(C)C(=O)OCCC[Si](O)(OCC)O[Si](OC(=O)C(F)(F)F)(O[Si](CCCOC(=O)C(=C)C)(OCC)OC(=O)C(F)(F)F)C1CCCCC1. The topological polar surface area (TPSA) is 162 Å². The van der Waals surface area contributed by atoms with Crippen LogP contribution in [-0.4, -0.2) is 93.9 Å². The summed E-state index contributed by atoms with van der Waals surface area (Å²) in [6, 6.07) is -1.30. The van der Waals surface area contributed by atoms with E-state index >= 15 is 0 Å². The molecule has 0 radical (unpaired) electrons. The van der Waals surface area contributed by atoms with Crippen molar-refractivity contribution in [3.8, 4) is 0 Å². The summed E-state index contributed by atoms with van der Waals surface area (Å²) >= 11 is 0. The zero-order valence-corrected chi connectivity index (χ0v) is 31.3. The molecular weight excluding hydrogens is 743 g/mol. The minimum Gasteiger partial charge on any atom is -0.467 e. The summed E-state index contributed by atoms with van der Waals surface area (Å²) < 4.78 is 125. The molecule has 0 bridgehead atoms. The molecule has 0 spiro atoms. The van der Waals surface area contributed by atoms with Gasteiger partial charge in [0.2, 0.25) is 0 Å². The van der Waals surface area contributed by atoms with Gasteiger partial charge in [0.25, 0.3) is 0 Å². The molecule has 13 nitrogen and oxygen atoms in total. The van der Waals surface area contributed by atoms with Gasteiger partial charge >= 0.3 is 62.6 Å². The summed E-state index contributed by atoms with van der Waals surface area (Å²) in [4.78, 5) is 60.3. The molecule has 50 heavy (non-hydrogen) atoms. The highest BCUT2D eigenvalue weighted by Gasteiger charge is 2.67. The van der Waals surface area contributed by atoms with Gasteiger partial charge in [-0.2, -0.15) is 26.3 Å². The largest absolute Gasteiger partial charge is 0.561 e. The fourth-order valence-electron chi connectivity index (χ4n) is 4.61. The van der Waals surface area contributed by atoms with Crippen LogP contribution in [0.15, 0.2) is 24.3 Å². The minimum absolute atomic E-state index is 0.0242. The molecule has 0 aromatic rings. The Hall–Kier alpha value is -2.61. The second-order valence-corrected chi connectivity index (χ2v) is 19.7. The smallest absolute Gasteiger partial charge is 0.467 e. The molecule has 0 amide bonds. The van der Waals surface area contributed by atoms with Crippen LogP contribution in [0.25, 0.3) is 0 Å². The van der Waals surface area contributed by atoms with Gasteiger partial charge in [0.15, 0.2) is 0 Å². The van der Waals surface area contributed by atoms with E-state index in [4.69, 9.17) is 35.4 Å². The van der Waals surface area contributed by atoms with E-state index in [9.17, 15) is 50.3 Å². The summed E-state index contributed by atoms with van der Waals surface area (Å²) in [5.74, 6) is -7.34. The molecule has 1 aliphatic carbocycles. The van der Waals surface area contributed by atoms with E-state index < -0.39 is 99.9 Å². The minimum atomic E-state index is -5.68. The number of rotatable bonds is 21. The molecule has 3 unspecified atom stereocenters. The summed E-state index contributed by atoms with van der Waals surface area (Å²) in [6.07, 6.45) is -10.8. The maximum absolute atomic E-state index is 13.8. The maximum atomic E-state index is 13.8. The lowest BCUT2D eigenvalue weighted by molar-refractivity contribution is -0.196. The third-order valence-corrected chi connectivity index (χ3v) is 17.6. The van der Waals surface area contributed by atoms with Crippen LogP contribution in [0.1, 0.15) is 72.6 Å². The van der Waals surface area contributed by atoms with E-state index in [1.165, 1.54) is 27.7 Å². The van der Waals surface area contributed by atoms with Crippen LogP contribution >= 0.6 is 0 Å². The van der Waals surface area contributed by atoms with Crippen LogP contribution in [0, 0.1) is 0 Å². The summed E-state index contributed by atoms with van der Waals surface area (Å²) in [6.45, 7) is 10.5. The van der Waals surface area contributed by atoms with Crippen LogP contribution < -0.4 is 0 Å². The molecule has 22 heteroatoms. The van der Waals surface area contributed by atoms with E-state index in [1.54, 1.807) is 0 Å². The second-order valence-electron chi connectivity index (χ2n) is 11.2. The molecule has 1 fully saturated rings. The van der Waals surface area contributed by atoms with Crippen LogP contribution in [-0.2, 0) is 54.6 Å². The lowest BCUT2D eigenvalue weighted by Crippen LogP contribution is -2.67. The van der Waals surface area contributed by atoms with Crippen molar-refractivity contribution >= 4 is 50.3 Å². The highest BCUT2D eigenvalue weighted by Crippen LogP contribution is 2.44. The van der Waals surface area contributed by atoms with Crippen molar-refractivity contribution in [2.45, 2.75) is 103 Å². The fourth-order valence-corrected chi connectivity index (χ4v) is 16.3. The number of carbonyl (C=O) groups is 4. The molecular formula is C28H44F6O13Si3. The van der Waals surface area contributed by atoms with E-state index in [0.717, 1.165) is 0 Å². The van der Waals surface area contributed by atoms with Crippen LogP contribution in [0.3, 0.4) is 0 Å². The first kappa shape index (κ1) is 45.4. The maximum Gasteiger partial charge on any atom is 0.561 e. The van der Waals surface area contributed by atoms with E-state index in [2.05, 4.69) is 13.2 Å². The molecule has 1 aliphatic rings. The Morgan fingerprint density at radius 3 is 1.62 bits per heavy atom. The van der Waals surface area contributed by atoms with E-state index in [1.807, 2.05) is 0 Å². The molecule has 3 atom stereocenters. The number of halogens is 6. The highest BCUT2D eigenvalue weighted by molar-refractivity contribution is 6.82. The molecule has 288 valence electrons. The molecule has 1 N–H and O–H groups in total. The van der Waals surface area contributed by atoms with Crippen LogP contribution in [0.4, 0.5) is 26.3 Å². The van der Waals surface area contributed by atoms with Gasteiger partial charge < -0.3 is 40.2 Å². The average Bonchev–Trinajstić information content (AvgIpc) is 3.00. The first-order valence-corrected chi connectivity index (χ1v) is 21.4. The Bertz CT molecular complexity index is 1200. The van der Waals surface area contributed by atoms with Gasteiger partial charge in [-0.25, -0.2) is 19.2 Å². The first-order chi connectivity index (χ1) is 23.1. The van der Waals surface area contributed by atoms with Crippen molar-refractivity contribution in [3.05, 3.63) is 24.3 Å². The monoisotopic (exact) mass is 786 g/mol. The summed E-state index contributed by atoms with van der Waals surface area (Å²) in [5, 5.41) is 0. The van der Waals surface area contributed by atoms with Gasteiger partial charge in [0, 0.05) is 42.0 Å². The fraction of sp³-hybridized carbons (Fsp3) is 0.714. The van der Waals surface area contributed by atoms with Crippen molar-refractivity contribution < 1.29 is 85.7 Å². The second kappa shape index (κ2) is 19.9. The Morgan fingerprint density at radius 1 is 0.720 bits per heavy atom. The van der Waals surface area contributed by atoms with Gasteiger partial charge in [0.05, 0.1) is 13.2 Å². The van der Waals surface area contributed by atoms with Crippen molar-refractivity contribution in [1.29, 1.82) is 0 Å². The number of carbonyl (C=O) groups excluding carboxylic acids is 4. The standard InChI is InChI=1S/C28H44F6O13Si3/c1-7-42-48(39,18-12-16-40-23(35)20(3)4)46-50(22-14-10-9-11-15-22,45-26(38)28(32,33)34)47-49(43-8-2,44-25(37)27(29,30)31)19-13-17-41-24(36)21(5)6/h22,39H,3,5,7-19H2,1-2,4,6H3. The van der Waals surface area contributed by atoms with Gasteiger partial charge in [-0.15, -0.1) is 0 Å². The van der Waals surface area contributed by atoms with Crippen molar-refractivity contribution in [2.24, 2.45) is 0 Å². The molecule has 1 saturated carbocycles. The van der Waals surface area contributed by atoms with Crippen molar-refractivity contribution in [2.75, 3.05) is 26.4 Å². The lowest BCUT2D eigenvalue weighted by Gasteiger charge is -2.44. The Labute approximate surface area is 289 Å². The first-order valence-electron chi connectivity index (χ1n) is 15.7. The molecule has 0 aromatic heterocycles. The quantitative estimate of drug-likeness (QED) is 0.0514. The van der Waals surface area contributed by atoms with Gasteiger partial charge in [-0.3, -0.25) is 0 Å². The average molecular weight is 787 g/mol. The van der Waals surface area contributed by atoms with E-state index in [-0.39, 0.29) is 43.6 Å². The van der Waals surface area contributed by atoms with Gasteiger partial charge in [0.1, 0.15) is 0 Å². The third kappa shape index (κ3) is 14.9.